The molecule has 3 aliphatic rings. The lowest BCUT2D eigenvalue weighted by Crippen LogP contribution is -2.36. The predicted molar refractivity (Wildman–Crippen MR) is 176 cm³/mol. The molecule has 7 nitrogen and oxygen atoms in total. The Morgan fingerprint density at radius 1 is 0.907 bits per heavy atom. The topological polar surface area (TPSA) is 73.5 Å². The lowest BCUT2D eigenvalue weighted by Gasteiger charge is -2.29. The number of aromatic amines is 1. The first-order valence-corrected chi connectivity index (χ1v) is 16.9. The molecule has 0 bridgehead atoms. The van der Waals surface area contributed by atoms with E-state index in [1.165, 1.54) is 51.9 Å². The number of rotatable bonds is 7. The molecule has 2 saturated heterocycles. The summed E-state index contributed by atoms with van der Waals surface area (Å²) in [5, 5.41) is 3.69. The van der Waals surface area contributed by atoms with E-state index in [0.717, 1.165) is 53.7 Å². The van der Waals surface area contributed by atoms with Gasteiger partial charge in [-0.25, -0.2) is 0 Å². The maximum Gasteiger partial charge on any atom is 0.250 e. The summed E-state index contributed by atoms with van der Waals surface area (Å²) >= 11 is 3.56. The van der Waals surface area contributed by atoms with E-state index in [1.807, 2.05) is 0 Å². The molecule has 7 rings (SSSR count). The van der Waals surface area contributed by atoms with Crippen molar-refractivity contribution in [2.24, 2.45) is 0 Å². The fourth-order valence-electron chi connectivity index (χ4n) is 6.08. The molecule has 1 unspecified atom stereocenters. The Bertz CT molecular complexity index is 1660. The molecule has 5 heterocycles. The molecule has 0 radical (unpaired) electrons. The standard InChI is InChI=1S/C34H37N5O2S2/c1-23(28-9-5-7-25(36-28)22-38-13-3-2-4-14-38)35-24-11-12-30-32(19-24)42-31-10-6-8-27(34(31)43-30)29-20-26(21-33(40)37-29)39-15-17-41-18-16-39/h5-12,19-21,23,35H,2-4,13-18,22H2,1H3,(H,37,40). The number of benzene rings is 2. The van der Waals surface area contributed by atoms with E-state index < -0.39 is 0 Å². The second kappa shape index (κ2) is 12.8. The fraction of sp³-hybridized carbons (Fsp3) is 0.353. The SMILES string of the molecule is CC(Nc1ccc2c(c1)Sc1cccc(-c3cc(N4CCOCC4)cc(=O)[nH]3)c1S2)c1cccc(CN2CCCCC2)n1. The zero-order valence-electron chi connectivity index (χ0n) is 24.5. The lowest BCUT2D eigenvalue weighted by atomic mass is 10.1. The number of anilines is 2. The number of likely N-dealkylation sites (tertiary alicyclic amines) is 1. The fourth-order valence-corrected chi connectivity index (χ4v) is 8.49. The first-order chi connectivity index (χ1) is 21.1. The molecule has 43 heavy (non-hydrogen) atoms. The number of pyridine rings is 2. The molecule has 1 atom stereocenters. The number of nitrogens with zero attached hydrogens (tertiary/aromatic N) is 3. The quantitative estimate of drug-likeness (QED) is 0.203. The summed E-state index contributed by atoms with van der Waals surface area (Å²) in [6.07, 6.45) is 3.93. The van der Waals surface area contributed by atoms with E-state index in [2.05, 4.69) is 87.7 Å². The van der Waals surface area contributed by atoms with Gasteiger partial charge >= 0.3 is 0 Å². The van der Waals surface area contributed by atoms with Crippen molar-refractivity contribution in [2.45, 2.75) is 58.4 Å². The van der Waals surface area contributed by atoms with Crippen LogP contribution in [0.5, 0.6) is 0 Å². The number of nitrogens with one attached hydrogen (secondary N) is 2. The van der Waals surface area contributed by atoms with Crippen LogP contribution in [-0.2, 0) is 11.3 Å². The van der Waals surface area contributed by atoms with Gasteiger partial charge in [0.25, 0.3) is 0 Å². The van der Waals surface area contributed by atoms with E-state index in [4.69, 9.17) is 9.72 Å². The molecule has 2 N–H and O–H groups in total. The van der Waals surface area contributed by atoms with Crippen molar-refractivity contribution in [3.8, 4) is 11.3 Å². The van der Waals surface area contributed by atoms with Gasteiger partial charge in [0.2, 0.25) is 5.56 Å². The van der Waals surface area contributed by atoms with Crippen LogP contribution in [0.15, 0.2) is 91.1 Å². The maximum absolute atomic E-state index is 12.7. The van der Waals surface area contributed by atoms with Crippen LogP contribution in [0.4, 0.5) is 11.4 Å². The molecule has 0 saturated carbocycles. The summed E-state index contributed by atoms with van der Waals surface area (Å²) in [5.41, 5.74) is 6.08. The second-order valence-corrected chi connectivity index (χ2v) is 13.6. The summed E-state index contributed by atoms with van der Waals surface area (Å²) in [7, 11) is 0. The summed E-state index contributed by atoms with van der Waals surface area (Å²) in [6, 6.07) is 23.3. The van der Waals surface area contributed by atoms with Gasteiger partial charge in [0.1, 0.15) is 0 Å². The third kappa shape index (κ3) is 6.50. The number of fused-ring (bicyclic) bond motifs is 2. The van der Waals surface area contributed by atoms with Gasteiger partial charge < -0.3 is 19.9 Å². The lowest BCUT2D eigenvalue weighted by molar-refractivity contribution is 0.122. The number of aromatic nitrogens is 2. The Kier molecular flexibility index (Phi) is 8.48. The van der Waals surface area contributed by atoms with Crippen molar-refractivity contribution >= 4 is 34.9 Å². The van der Waals surface area contributed by atoms with Crippen LogP contribution < -0.4 is 15.8 Å². The highest BCUT2D eigenvalue weighted by Crippen LogP contribution is 2.52. The van der Waals surface area contributed by atoms with Gasteiger partial charge in [0.15, 0.2) is 0 Å². The molecule has 0 aliphatic carbocycles. The van der Waals surface area contributed by atoms with E-state index in [9.17, 15) is 4.79 Å². The van der Waals surface area contributed by atoms with Crippen molar-refractivity contribution in [3.05, 3.63) is 88.5 Å². The summed E-state index contributed by atoms with van der Waals surface area (Å²) in [6.45, 7) is 8.42. The number of H-pyrrole nitrogens is 1. The van der Waals surface area contributed by atoms with Gasteiger partial charge in [-0.05, 0) is 75.3 Å². The Hall–Kier alpha value is -3.24. The van der Waals surface area contributed by atoms with Gasteiger partial charge in [-0.3, -0.25) is 14.7 Å². The Balaban J connectivity index is 1.08. The second-order valence-electron chi connectivity index (χ2n) is 11.5. The average Bonchev–Trinajstić information content (AvgIpc) is 3.04. The van der Waals surface area contributed by atoms with Crippen LogP contribution in [0.25, 0.3) is 11.3 Å². The Morgan fingerprint density at radius 3 is 2.60 bits per heavy atom. The molecule has 9 heteroatoms. The average molecular weight is 612 g/mol. The minimum Gasteiger partial charge on any atom is -0.378 e. The first kappa shape index (κ1) is 28.5. The van der Waals surface area contributed by atoms with Crippen LogP contribution >= 0.6 is 23.5 Å². The van der Waals surface area contributed by atoms with Crippen LogP contribution in [0.1, 0.15) is 43.6 Å². The van der Waals surface area contributed by atoms with E-state index >= 15 is 0 Å². The summed E-state index contributed by atoms with van der Waals surface area (Å²) in [4.78, 5) is 30.4. The van der Waals surface area contributed by atoms with Gasteiger partial charge in [0.05, 0.1) is 36.3 Å². The number of morpholine rings is 1. The zero-order valence-corrected chi connectivity index (χ0v) is 26.1. The number of hydrogen-bond donors (Lipinski definition) is 2. The molecule has 2 aromatic carbocycles. The van der Waals surface area contributed by atoms with Gasteiger partial charge in [-0.1, -0.05) is 48.1 Å². The van der Waals surface area contributed by atoms with E-state index in [1.54, 1.807) is 29.6 Å². The maximum atomic E-state index is 12.7. The number of piperidine rings is 1. The van der Waals surface area contributed by atoms with Crippen molar-refractivity contribution in [1.29, 1.82) is 0 Å². The Labute approximate surface area is 261 Å². The molecule has 3 aliphatic heterocycles. The molecular weight excluding hydrogens is 575 g/mol. The third-order valence-electron chi connectivity index (χ3n) is 8.34. The van der Waals surface area contributed by atoms with Crippen molar-refractivity contribution in [1.82, 2.24) is 14.9 Å². The highest BCUT2D eigenvalue weighted by Gasteiger charge is 2.23. The molecular formula is C34H37N5O2S2. The van der Waals surface area contributed by atoms with Crippen LogP contribution in [0.2, 0.25) is 0 Å². The van der Waals surface area contributed by atoms with Crippen LogP contribution in [0, 0.1) is 0 Å². The van der Waals surface area contributed by atoms with Crippen LogP contribution in [-0.4, -0.2) is 54.3 Å². The summed E-state index contributed by atoms with van der Waals surface area (Å²) < 4.78 is 5.51. The number of ether oxygens (including phenoxy) is 1. The summed E-state index contributed by atoms with van der Waals surface area (Å²) in [5.74, 6) is 0. The molecule has 2 fully saturated rings. The van der Waals surface area contributed by atoms with Crippen molar-refractivity contribution < 1.29 is 4.74 Å². The molecule has 2 aromatic heterocycles. The minimum atomic E-state index is -0.0817. The normalized spacial score (nSPS) is 17.7. The molecule has 0 spiro atoms. The Morgan fingerprint density at radius 2 is 1.74 bits per heavy atom. The highest BCUT2D eigenvalue weighted by molar-refractivity contribution is 8.05. The first-order valence-electron chi connectivity index (χ1n) is 15.2. The number of hydrogen-bond acceptors (Lipinski definition) is 8. The zero-order chi connectivity index (χ0) is 29.2. The van der Waals surface area contributed by atoms with Crippen molar-refractivity contribution in [3.63, 3.8) is 0 Å². The molecule has 222 valence electrons. The van der Waals surface area contributed by atoms with Gasteiger partial charge in [-0.15, -0.1) is 0 Å². The smallest absolute Gasteiger partial charge is 0.250 e. The van der Waals surface area contributed by atoms with Crippen LogP contribution in [0.3, 0.4) is 0 Å². The van der Waals surface area contributed by atoms with E-state index in [0.29, 0.717) is 13.2 Å². The third-order valence-corrected chi connectivity index (χ3v) is 10.9. The van der Waals surface area contributed by atoms with E-state index in [-0.39, 0.29) is 11.6 Å². The monoisotopic (exact) mass is 611 g/mol. The molecule has 4 aromatic rings. The minimum absolute atomic E-state index is 0.0817. The largest absolute Gasteiger partial charge is 0.378 e. The van der Waals surface area contributed by atoms with Gasteiger partial charge in [-0.2, -0.15) is 0 Å². The highest BCUT2D eigenvalue weighted by atomic mass is 32.2. The van der Waals surface area contributed by atoms with Crippen molar-refractivity contribution in [2.75, 3.05) is 49.6 Å². The molecule has 0 amide bonds. The predicted octanol–water partition coefficient (Wildman–Crippen LogP) is 7.05. The van der Waals surface area contributed by atoms with Gasteiger partial charge in [0, 0.05) is 62.2 Å².